The molecule has 2 nitrogen and oxygen atoms in total. The van der Waals surface area contributed by atoms with Crippen LogP contribution < -0.4 is 10.6 Å². The molecule has 0 saturated carbocycles. The maximum absolute atomic E-state index is 13.7. The molecule has 0 aliphatic heterocycles. The Morgan fingerprint density at radius 1 is 1.42 bits per heavy atom. The van der Waals surface area contributed by atoms with Gasteiger partial charge < -0.3 is 10.6 Å². The van der Waals surface area contributed by atoms with Crippen LogP contribution in [0.5, 0.6) is 0 Å². The summed E-state index contributed by atoms with van der Waals surface area (Å²) in [6.07, 6.45) is 3.17. The third-order valence-electron chi connectivity index (χ3n) is 3.56. The fraction of sp³-hybridized carbons (Fsp3) is 0.600. The first-order valence-electron chi connectivity index (χ1n) is 6.69. The van der Waals surface area contributed by atoms with Gasteiger partial charge in [-0.1, -0.05) is 6.92 Å². The molecule has 0 aliphatic carbocycles. The number of aryl methyl sites for hydroxylation is 1. The Labute approximate surface area is 120 Å². The molecule has 2 N–H and O–H groups in total. The van der Waals surface area contributed by atoms with E-state index in [2.05, 4.69) is 25.1 Å². The molecule has 4 heteroatoms. The molecule has 2 atom stereocenters. The van der Waals surface area contributed by atoms with Crippen LogP contribution in [0.4, 0.5) is 10.1 Å². The van der Waals surface area contributed by atoms with Crippen molar-refractivity contribution in [1.29, 1.82) is 0 Å². The van der Waals surface area contributed by atoms with E-state index in [1.807, 2.05) is 24.8 Å². The van der Waals surface area contributed by atoms with Gasteiger partial charge in [-0.05, 0) is 49.8 Å². The molecule has 1 rings (SSSR count). The molecule has 19 heavy (non-hydrogen) atoms. The first-order valence-corrected chi connectivity index (χ1v) is 8.09. The van der Waals surface area contributed by atoms with Crippen LogP contribution in [0.15, 0.2) is 12.1 Å². The zero-order valence-corrected chi connectivity index (χ0v) is 13.4. The maximum Gasteiger partial charge on any atom is 0.126 e. The van der Waals surface area contributed by atoms with Gasteiger partial charge in [0.25, 0.3) is 0 Å². The highest BCUT2D eigenvalue weighted by molar-refractivity contribution is 7.98. The van der Waals surface area contributed by atoms with Gasteiger partial charge in [0.1, 0.15) is 5.82 Å². The average Bonchev–Trinajstić information content (AvgIpc) is 2.37. The minimum Gasteiger partial charge on any atom is -0.371 e. The SMILES string of the molecule is CCC(CSC)N(C)c1cc(C)c(F)cc1C(C)N. The number of benzene rings is 1. The Bertz CT molecular complexity index is 421. The lowest BCUT2D eigenvalue weighted by atomic mass is 10.0. The predicted molar refractivity (Wildman–Crippen MR) is 84.6 cm³/mol. The molecule has 0 radical (unpaired) electrons. The van der Waals surface area contributed by atoms with Gasteiger partial charge in [-0.25, -0.2) is 4.39 Å². The molecule has 0 heterocycles. The van der Waals surface area contributed by atoms with E-state index in [0.29, 0.717) is 11.6 Å². The number of anilines is 1. The minimum absolute atomic E-state index is 0.167. The molecule has 1 aromatic carbocycles. The van der Waals surface area contributed by atoms with E-state index in [1.54, 1.807) is 13.0 Å². The van der Waals surface area contributed by atoms with Crippen molar-refractivity contribution in [3.05, 3.63) is 29.1 Å². The minimum atomic E-state index is -0.178. The lowest BCUT2D eigenvalue weighted by Gasteiger charge is -2.32. The molecule has 0 bridgehead atoms. The number of nitrogens with two attached hydrogens (primary N) is 1. The summed E-state index contributed by atoms with van der Waals surface area (Å²) in [5.41, 5.74) is 8.59. The molecule has 108 valence electrons. The topological polar surface area (TPSA) is 29.3 Å². The molecule has 0 amide bonds. The van der Waals surface area contributed by atoms with Gasteiger partial charge in [-0.15, -0.1) is 0 Å². The largest absolute Gasteiger partial charge is 0.371 e. The zero-order chi connectivity index (χ0) is 14.6. The van der Waals surface area contributed by atoms with Crippen molar-refractivity contribution in [1.82, 2.24) is 0 Å². The van der Waals surface area contributed by atoms with E-state index in [-0.39, 0.29) is 11.9 Å². The highest BCUT2D eigenvalue weighted by atomic mass is 32.2. The Morgan fingerprint density at radius 2 is 2.05 bits per heavy atom. The number of halogens is 1. The number of hydrogen-bond donors (Lipinski definition) is 1. The van der Waals surface area contributed by atoms with E-state index in [1.165, 1.54) is 0 Å². The molecule has 0 aliphatic rings. The van der Waals surface area contributed by atoms with E-state index < -0.39 is 0 Å². The quantitative estimate of drug-likeness (QED) is 0.863. The average molecular weight is 284 g/mol. The summed E-state index contributed by atoms with van der Waals surface area (Å²) in [5, 5.41) is 0. The van der Waals surface area contributed by atoms with Crippen LogP contribution in [-0.4, -0.2) is 25.1 Å². The van der Waals surface area contributed by atoms with E-state index in [9.17, 15) is 4.39 Å². The van der Waals surface area contributed by atoms with Crippen molar-refractivity contribution in [3.8, 4) is 0 Å². The third-order valence-corrected chi connectivity index (χ3v) is 4.27. The Morgan fingerprint density at radius 3 is 2.53 bits per heavy atom. The number of hydrogen-bond acceptors (Lipinski definition) is 3. The molecule has 0 spiro atoms. The first kappa shape index (κ1) is 16.3. The lowest BCUT2D eigenvalue weighted by Crippen LogP contribution is -2.34. The van der Waals surface area contributed by atoms with Crippen molar-refractivity contribution in [2.45, 2.75) is 39.3 Å². The van der Waals surface area contributed by atoms with Crippen molar-refractivity contribution >= 4 is 17.4 Å². The first-order chi connectivity index (χ1) is 8.92. The zero-order valence-electron chi connectivity index (χ0n) is 12.5. The highest BCUT2D eigenvalue weighted by Gasteiger charge is 2.19. The van der Waals surface area contributed by atoms with Crippen molar-refractivity contribution in [3.63, 3.8) is 0 Å². The Balaban J connectivity index is 3.19. The monoisotopic (exact) mass is 284 g/mol. The van der Waals surface area contributed by atoms with Crippen LogP contribution in [0.3, 0.4) is 0 Å². The van der Waals surface area contributed by atoms with Gasteiger partial charge in [-0.2, -0.15) is 11.8 Å². The Hall–Kier alpha value is -0.740. The second-order valence-corrected chi connectivity index (χ2v) is 5.99. The Kier molecular flexibility index (Phi) is 6.14. The van der Waals surface area contributed by atoms with E-state index in [0.717, 1.165) is 23.4 Å². The predicted octanol–water partition coefficient (Wildman–Crippen LogP) is 3.73. The van der Waals surface area contributed by atoms with Gasteiger partial charge in [0.15, 0.2) is 0 Å². The summed E-state index contributed by atoms with van der Waals surface area (Å²) in [6.45, 7) is 5.88. The summed E-state index contributed by atoms with van der Waals surface area (Å²) < 4.78 is 13.7. The molecule has 0 aromatic heterocycles. The highest BCUT2D eigenvalue weighted by Crippen LogP contribution is 2.30. The molecule has 0 fully saturated rings. The molecule has 0 saturated heterocycles. The van der Waals surface area contributed by atoms with Crippen LogP contribution in [0, 0.1) is 12.7 Å². The number of nitrogens with zero attached hydrogens (tertiary/aromatic N) is 1. The summed E-state index contributed by atoms with van der Waals surface area (Å²) >= 11 is 1.83. The summed E-state index contributed by atoms with van der Waals surface area (Å²) in [5.74, 6) is 0.879. The fourth-order valence-electron chi connectivity index (χ4n) is 2.24. The normalized spacial score (nSPS) is 14.3. The van der Waals surface area contributed by atoms with Crippen LogP contribution in [0.25, 0.3) is 0 Å². The van der Waals surface area contributed by atoms with Gasteiger partial charge in [0, 0.05) is 30.6 Å². The standard InChI is InChI=1S/C15H25FN2S/c1-6-12(9-19-5)18(4)15-7-10(2)14(16)8-13(15)11(3)17/h7-8,11-12H,6,9,17H2,1-5H3. The van der Waals surface area contributed by atoms with E-state index >= 15 is 0 Å². The van der Waals surface area contributed by atoms with Crippen LogP contribution in [0.1, 0.15) is 37.4 Å². The summed E-state index contributed by atoms with van der Waals surface area (Å²) in [7, 11) is 2.07. The van der Waals surface area contributed by atoms with Crippen LogP contribution in [0.2, 0.25) is 0 Å². The van der Waals surface area contributed by atoms with E-state index in [4.69, 9.17) is 5.73 Å². The van der Waals surface area contributed by atoms with Gasteiger partial charge in [0.05, 0.1) is 0 Å². The number of rotatable bonds is 6. The van der Waals surface area contributed by atoms with Gasteiger partial charge in [0.2, 0.25) is 0 Å². The molecule has 1 aromatic rings. The third kappa shape index (κ3) is 3.86. The number of thioether (sulfide) groups is 1. The summed E-state index contributed by atoms with van der Waals surface area (Å²) in [6, 6.07) is 3.77. The molecule has 2 unspecified atom stereocenters. The summed E-state index contributed by atoms with van der Waals surface area (Å²) in [4.78, 5) is 2.24. The second kappa shape index (κ2) is 7.15. The van der Waals surface area contributed by atoms with Crippen LogP contribution in [-0.2, 0) is 0 Å². The lowest BCUT2D eigenvalue weighted by molar-refractivity contribution is 0.609. The smallest absolute Gasteiger partial charge is 0.126 e. The van der Waals surface area contributed by atoms with Crippen molar-refractivity contribution < 1.29 is 4.39 Å². The van der Waals surface area contributed by atoms with Crippen LogP contribution >= 0.6 is 11.8 Å². The van der Waals surface area contributed by atoms with Gasteiger partial charge in [-0.3, -0.25) is 0 Å². The molecular formula is C15H25FN2S. The van der Waals surface area contributed by atoms with Crippen molar-refractivity contribution in [2.24, 2.45) is 5.73 Å². The maximum atomic E-state index is 13.7. The molecular weight excluding hydrogens is 259 g/mol. The van der Waals surface area contributed by atoms with Gasteiger partial charge >= 0.3 is 0 Å². The van der Waals surface area contributed by atoms with Crippen molar-refractivity contribution in [2.75, 3.05) is 24.0 Å². The second-order valence-electron chi connectivity index (χ2n) is 5.08. The fourth-order valence-corrected chi connectivity index (χ4v) is 3.09.